The molecule has 1 heterocycles. The molecule has 1 aliphatic heterocycles. The van der Waals surface area contributed by atoms with Gasteiger partial charge >= 0.3 is 0 Å². The zero-order valence-corrected chi connectivity index (χ0v) is 14.3. The molecule has 6 heteroatoms. The highest BCUT2D eigenvalue weighted by atomic mass is 32.2. The lowest BCUT2D eigenvalue weighted by Crippen LogP contribution is -2.46. The molecule has 0 saturated heterocycles. The molecule has 2 aliphatic rings. The van der Waals surface area contributed by atoms with Gasteiger partial charge in [0.15, 0.2) is 0 Å². The first kappa shape index (κ1) is 16.2. The van der Waals surface area contributed by atoms with Crippen LogP contribution in [0, 0.1) is 0 Å². The lowest BCUT2D eigenvalue weighted by atomic mass is 10.0. The number of carbonyl (C=O) groups is 1. The van der Waals surface area contributed by atoms with Gasteiger partial charge in [0.1, 0.15) is 6.04 Å². The van der Waals surface area contributed by atoms with Gasteiger partial charge < -0.3 is 5.32 Å². The predicted octanol–water partition coefficient (Wildman–Crippen LogP) is 1.55. The van der Waals surface area contributed by atoms with E-state index in [1.807, 2.05) is 13.0 Å². The maximum Gasteiger partial charge on any atom is 0.242 e. The Labute approximate surface area is 137 Å². The van der Waals surface area contributed by atoms with E-state index in [2.05, 4.69) is 17.4 Å². The average Bonchev–Trinajstić information content (AvgIpc) is 3.14. The Balaban J connectivity index is 1.71. The zero-order chi connectivity index (χ0) is 16.6. The van der Waals surface area contributed by atoms with Crippen molar-refractivity contribution in [1.82, 2.24) is 9.62 Å². The summed E-state index contributed by atoms with van der Waals surface area (Å²) in [6.45, 7) is 2.18. The molecular weight excluding hydrogens is 312 g/mol. The van der Waals surface area contributed by atoms with Crippen LogP contribution in [0.4, 0.5) is 0 Å². The van der Waals surface area contributed by atoms with E-state index in [-0.39, 0.29) is 18.5 Å². The van der Waals surface area contributed by atoms with Crippen LogP contribution >= 0.6 is 0 Å². The Hall–Kier alpha value is -1.66. The van der Waals surface area contributed by atoms with E-state index in [1.165, 1.54) is 21.9 Å². The van der Waals surface area contributed by atoms with Gasteiger partial charge in [0.2, 0.25) is 15.9 Å². The van der Waals surface area contributed by atoms with Gasteiger partial charge in [0.25, 0.3) is 0 Å². The first-order valence-corrected chi connectivity index (χ1v) is 9.76. The van der Waals surface area contributed by atoms with Crippen molar-refractivity contribution in [2.75, 3.05) is 12.8 Å². The molecule has 1 aromatic rings. The molecule has 124 valence electrons. The number of hydrogen-bond donors (Lipinski definition) is 1. The van der Waals surface area contributed by atoms with Crippen molar-refractivity contribution in [3.05, 3.63) is 47.0 Å². The van der Waals surface area contributed by atoms with Gasteiger partial charge in [0, 0.05) is 6.54 Å². The van der Waals surface area contributed by atoms with E-state index >= 15 is 0 Å². The summed E-state index contributed by atoms with van der Waals surface area (Å²) in [6.07, 6.45) is 7.90. The summed E-state index contributed by atoms with van der Waals surface area (Å²) in [4.78, 5) is 12.5. The minimum absolute atomic E-state index is 0.149. The normalized spacial score (nSPS) is 22.1. The van der Waals surface area contributed by atoms with Crippen molar-refractivity contribution in [3.63, 3.8) is 0 Å². The van der Waals surface area contributed by atoms with Crippen molar-refractivity contribution in [1.29, 1.82) is 0 Å². The maximum absolute atomic E-state index is 12.5. The van der Waals surface area contributed by atoms with E-state index in [9.17, 15) is 13.2 Å². The fourth-order valence-corrected chi connectivity index (χ4v) is 4.24. The van der Waals surface area contributed by atoms with Crippen LogP contribution < -0.4 is 5.32 Å². The fraction of sp³-hybridized carbons (Fsp3) is 0.471. The lowest BCUT2D eigenvalue weighted by Gasteiger charge is -2.23. The summed E-state index contributed by atoms with van der Waals surface area (Å²) in [6, 6.07) is 5.45. The molecular formula is C17H22N2O3S. The van der Waals surface area contributed by atoms with Crippen molar-refractivity contribution < 1.29 is 13.2 Å². The number of carbonyl (C=O) groups excluding carboxylic acids is 1. The highest BCUT2D eigenvalue weighted by Crippen LogP contribution is 2.25. The van der Waals surface area contributed by atoms with Crippen molar-refractivity contribution >= 4 is 15.9 Å². The molecule has 0 radical (unpaired) electrons. The highest BCUT2D eigenvalue weighted by molar-refractivity contribution is 7.88. The third-order valence-corrected chi connectivity index (χ3v) is 5.82. The topological polar surface area (TPSA) is 66.5 Å². The van der Waals surface area contributed by atoms with Gasteiger partial charge in [-0.2, -0.15) is 4.31 Å². The number of nitrogens with zero attached hydrogens (tertiary/aromatic N) is 1. The van der Waals surface area contributed by atoms with Crippen molar-refractivity contribution in [2.24, 2.45) is 0 Å². The number of rotatable bonds is 4. The molecule has 5 nitrogen and oxygen atoms in total. The fourth-order valence-electron chi connectivity index (χ4n) is 3.31. The molecule has 2 atom stereocenters. The van der Waals surface area contributed by atoms with Gasteiger partial charge in [-0.25, -0.2) is 8.42 Å². The molecule has 23 heavy (non-hydrogen) atoms. The minimum Gasteiger partial charge on any atom is -0.348 e. The molecule has 0 bridgehead atoms. The maximum atomic E-state index is 12.5. The SMILES string of the molecule is C[C@@H](NC(=O)[C@H]1C=CCN1S(C)(=O)=O)c1ccc2c(c1)CCC2. The van der Waals surface area contributed by atoms with E-state index in [0.717, 1.165) is 24.7 Å². The van der Waals surface area contributed by atoms with Gasteiger partial charge in [-0.05, 0) is 42.9 Å². The molecule has 1 N–H and O–H groups in total. The molecule has 3 rings (SSSR count). The van der Waals surface area contributed by atoms with Gasteiger partial charge in [0.05, 0.1) is 12.3 Å². The summed E-state index contributed by atoms with van der Waals surface area (Å²) in [5.74, 6) is -0.280. The number of aryl methyl sites for hydroxylation is 2. The third kappa shape index (κ3) is 3.33. The summed E-state index contributed by atoms with van der Waals surface area (Å²) < 4.78 is 24.7. The molecule has 1 aliphatic carbocycles. The van der Waals surface area contributed by atoms with E-state index in [0.29, 0.717) is 0 Å². The Morgan fingerprint density at radius 3 is 2.78 bits per heavy atom. The molecule has 0 spiro atoms. The highest BCUT2D eigenvalue weighted by Gasteiger charge is 2.33. The molecule has 0 saturated carbocycles. The smallest absolute Gasteiger partial charge is 0.242 e. The monoisotopic (exact) mass is 334 g/mol. The van der Waals surface area contributed by atoms with Crippen LogP contribution in [0.1, 0.15) is 36.1 Å². The Bertz CT molecular complexity index is 755. The van der Waals surface area contributed by atoms with Crippen LogP contribution in [-0.2, 0) is 27.7 Å². The Kier molecular flexibility index (Phi) is 4.29. The largest absolute Gasteiger partial charge is 0.348 e. The predicted molar refractivity (Wildman–Crippen MR) is 89.5 cm³/mol. The number of nitrogens with one attached hydrogen (secondary N) is 1. The van der Waals surface area contributed by atoms with Crippen LogP contribution in [0.5, 0.6) is 0 Å². The Morgan fingerprint density at radius 2 is 2.04 bits per heavy atom. The second-order valence-corrected chi connectivity index (χ2v) is 8.25. The molecule has 0 aromatic heterocycles. The standard InChI is InChI=1S/C17H22N2O3S/c1-12(14-9-8-13-5-3-6-15(13)11-14)18-17(20)16-7-4-10-19(16)23(2,21)22/h4,7-9,11-12,16H,3,5-6,10H2,1-2H3,(H,18,20)/t12-,16-/m1/s1. The summed E-state index contributed by atoms with van der Waals surface area (Å²) in [5, 5.41) is 2.94. The van der Waals surface area contributed by atoms with Crippen LogP contribution in [0.3, 0.4) is 0 Å². The zero-order valence-electron chi connectivity index (χ0n) is 13.5. The van der Waals surface area contributed by atoms with Crippen molar-refractivity contribution in [3.8, 4) is 0 Å². The second kappa shape index (κ2) is 6.09. The van der Waals surface area contributed by atoms with Gasteiger partial charge in [-0.3, -0.25) is 4.79 Å². The number of sulfonamides is 1. The number of hydrogen-bond acceptors (Lipinski definition) is 3. The molecule has 1 amide bonds. The van der Waals surface area contributed by atoms with Crippen LogP contribution in [-0.4, -0.2) is 37.5 Å². The Morgan fingerprint density at radius 1 is 1.30 bits per heavy atom. The van der Waals surface area contributed by atoms with Crippen LogP contribution in [0.25, 0.3) is 0 Å². The van der Waals surface area contributed by atoms with Gasteiger partial charge in [-0.1, -0.05) is 30.4 Å². The second-order valence-electron chi connectivity index (χ2n) is 6.32. The van der Waals surface area contributed by atoms with E-state index in [1.54, 1.807) is 12.2 Å². The third-order valence-electron chi connectivity index (χ3n) is 4.59. The van der Waals surface area contributed by atoms with Crippen LogP contribution in [0.2, 0.25) is 0 Å². The average molecular weight is 334 g/mol. The molecule has 1 aromatic carbocycles. The number of amides is 1. The first-order chi connectivity index (χ1) is 10.9. The summed E-state index contributed by atoms with van der Waals surface area (Å²) >= 11 is 0. The van der Waals surface area contributed by atoms with Crippen LogP contribution in [0.15, 0.2) is 30.4 Å². The van der Waals surface area contributed by atoms with E-state index in [4.69, 9.17) is 0 Å². The number of benzene rings is 1. The van der Waals surface area contributed by atoms with Gasteiger partial charge in [-0.15, -0.1) is 0 Å². The van der Waals surface area contributed by atoms with Crippen molar-refractivity contribution in [2.45, 2.75) is 38.3 Å². The molecule has 0 fully saturated rings. The molecule has 0 unspecified atom stereocenters. The lowest BCUT2D eigenvalue weighted by molar-refractivity contribution is -0.123. The summed E-state index contributed by atoms with van der Waals surface area (Å²) in [7, 11) is -3.40. The first-order valence-electron chi connectivity index (χ1n) is 7.92. The number of fused-ring (bicyclic) bond motifs is 1. The minimum atomic E-state index is -3.40. The summed E-state index contributed by atoms with van der Waals surface area (Å²) in [5.41, 5.74) is 3.82. The quantitative estimate of drug-likeness (QED) is 0.850. The van der Waals surface area contributed by atoms with E-state index < -0.39 is 16.1 Å².